The van der Waals surface area contributed by atoms with Gasteiger partial charge in [-0.2, -0.15) is 0 Å². The van der Waals surface area contributed by atoms with E-state index in [0.29, 0.717) is 40.2 Å². The maximum atomic E-state index is 14.2. The highest BCUT2D eigenvalue weighted by atomic mass is 32.2. The summed E-state index contributed by atoms with van der Waals surface area (Å²) in [6.07, 6.45) is 5.54. The molecule has 0 unspecified atom stereocenters. The highest BCUT2D eigenvalue weighted by Crippen LogP contribution is 2.41. The van der Waals surface area contributed by atoms with Gasteiger partial charge in [0.05, 0.1) is 11.3 Å². The van der Waals surface area contributed by atoms with Gasteiger partial charge in [0.1, 0.15) is 5.82 Å². The summed E-state index contributed by atoms with van der Waals surface area (Å²) in [5, 5.41) is 12.4. The zero-order valence-corrected chi connectivity index (χ0v) is 17.2. The van der Waals surface area contributed by atoms with Gasteiger partial charge in [-0.05, 0) is 43.2 Å². The maximum Gasteiger partial charge on any atom is 0.230 e. The van der Waals surface area contributed by atoms with E-state index >= 15 is 0 Å². The molecule has 0 radical (unpaired) electrons. The van der Waals surface area contributed by atoms with Crippen molar-refractivity contribution in [1.82, 2.24) is 20.1 Å². The second-order valence-electron chi connectivity index (χ2n) is 8.12. The minimum Gasteiger partial charge on any atom is -0.352 e. The fraction of sp³-hybridized carbons (Fsp3) is 0.571. The zero-order valence-electron chi connectivity index (χ0n) is 16.4. The number of aromatic nitrogens is 3. The first kappa shape index (κ1) is 19.4. The summed E-state index contributed by atoms with van der Waals surface area (Å²) in [6, 6.07) is 7.20. The smallest absolute Gasteiger partial charge is 0.230 e. The summed E-state index contributed by atoms with van der Waals surface area (Å²) in [5.41, 5.74) is 0.461. The highest BCUT2D eigenvalue weighted by Gasteiger charge is 2.32. The lowest BCUT2D eigenvalue weighted by molar-refractivity contribution is -0.120. The van der Waals surface area contributed by atoms with Crippen LogP contribution in [0.3, 0.4) is 0 Å². The number of benzene rings is 1. The maximum absolute atomic E-state index is 14.2. The molecular formula is C21H27FN4OS. The van der Waals surface area contributed by atoms with E-state index in [9.17, 15) is 9.18 Å². The molecule has 0 bridgehead atoms. The molecule has 28 heavy (non-hydrogen) atoms. The Balaban J connectivity index is 1.44. The first-order chi connectivity index (χ1) is 13.5. The van der Waals surface area contributed by atoms with Gasteiger partial charge in [-0.25, -0.2) is 4.39 Å². The minimum absolute atomic E-state index is 0.0359. The SMILES string of the molecule is C[C@@H]1[C@H](C)CCC[C@@H]1NC(=O)CSc1nnc(-c2ccccc2F)n1C1CC1. The van der Waals surface area contributed by atoms with Crippen LogP contribution in [0.4, 0.5) is 4.39 Å². The number of hydrogen-bond donors (Lipinski definition) is 1. The largest absolute Gasteiger partial charge is 0.352 e. The Morgan fingerprint density at radius 1 is 1.21 bits per heavy atom. The van der Waals surface area contributed by atoms with Crippen LogP contribution in [0.1, 0.15) is 52.0 Å². The topological polar surface area (TPSA) is 59.8 Å². The van der Waals surface area contributed by atoms with E-state index in [1.165, 1.54) is 30.7 Å². The average molecular weight is 403 g/mol. The Morgan fingerprint density at radius 3 is 2.75 bits per heavy atom. The summed E-state index contributed by atoms with van der Waals surface area (Å²) >= 11 is 1.39. The number of rotatable bonds is 6. The molecular weight excluding hydrogens is 375 g/mol. The molecule has 5 nitrogen and oxygen atoms in total. The molecule has 150 valence electrons. The van der Waals surface area contributed by atoms with E-state index in [4.69, 9.17) is 0 Å². The third-order valence-electron chi connectivity index (χ3n) is 6.08. The third kappa shape index (κ3) is 4.09. The number of amides is 1. The Kier molecular flexibility index (Phi) is 5.71. The lowest BCUT2D eigenvalue weighted by atomic mass is 9.78. The molecule has 0 aliphatic heterocycles. The number of carbonyl (C=O) groups excluding carboxylic acids is 1. The van der Waals surface area contributed by atoms with Crippen LogP contribution < -0.4 is 5.32 Å². The Bertz CT molecular complexity index is 851. The van der Waals surface area contributed by atoms with E-state index in [2.05, 4.69) is 29.4 Å². The monoisotopic (exact) mass is 402 g/mol. The predicted octanol–water partition coefficient (Wildman–Crippen LogP) is 4.45. The summed E-state index contributed by atoms with van der Waals surface area (Å²) in [5.74, 6) is 1.75. The molecule has 2 aromatic rings. The van der Waals surface area contributed by atoms with Crippen molar-refractivity contribution in [2.45, 2.75) is 63.2 Å². The number of carbonyl (C=O) groups is 1. The second-order valence-corrected chi connectivity index (χ2v) is 9.06. The summed E-state index contributed by atoms with van der Waals surface area (Å²) in [7, 11) is 0. The van der Waals surface area contributed by atoms with Crippen LogP contribution in [0.15, 0.2) is 29.4 Å². The van der Waals surface area contributed by atoms with Gasteiger partial charge in [0.2, 0.25) is 5.91 Å². The first-order valence-corrected chi connectivity index (χ1v) is 11.1. The van der Waals surface area contributed by atoms with Crippen molar-refractivity contribution in [2.75, 3.05) is 5.75 Å². The molecule has 1 aromatic carbocycles. The molecule has 2 saturated carbocycles. The molecule has 4 rings (SSSR count). The second kappa shape index (κ2) is 8.23. The van der Waals surface area contributed by atoms with Crippen molar-refractivity contribution in [1.29, 1.82) is 0 Å². The van der Waals surface area contributed by atoms with E-state index in [1.807, 2.05) is 4.57 Å². The lowest BCUT2D eigenvalue weighted by Crippen LogP contribution is -2.44. The van der Waals surface area contributed by atoms with Crippen LogP contribution in [0.2, 0.25) is 0 Å². The fourth-order valence-corrected chi connectivity index (χ4v) is 4.84. The fourth-order valence-electron chi connectivity index (χ4n) is 4.03. The Hall–Kier alpha value is -1.89. The van der Waals surface area contributed by atoms with Crippen LogP contribution in [0, 0.1) is 17.7 Å². The van der Waals surface area contributed by atoms with Gasteiger partial charge in [-0.15, -0.1) is 10.2 Å². The molecule has 1 amide bonds. The first-order valence-electron chi connectivity index (χ1n) is 10.2. The molecule has 3 atom stereocenters. The lowest BCUT2D eigenvalue weighted by Gasteiger charge is -2.34. The normalized spacial score (nSPS) is 24.9. The van der Waals surface area contributed by atoms with E-state index < -0.39 is 0 Å². The van der Waals surface area contributed by atoms with Crippen molar-refractivity contribution in [2.24, 2.45) is 11.8 Å². The van der Waals surface area contributed by atoms with Crippen molar-refractivity contribution in [3.63, 3.8) is 0 Å². The predicted molar refractivity (Wildman–Crippen MR) is 109 cm³/mol. The molecule has 1 aromatic heterocycles. The summed E-state index contributed by atoms with van der Waals surface area (Å²) in [6.45, 7) is 4.49. The summed E-state index contributed by atoms with van der Waals surface area (Å²) < 4.78 is 16.2. The molecule has 2 aliphatic rings. The minimum atomic E-state index is -0.300. The van der Waals surface area contributed by atoms with Gasteiger partial charge in [-0.1, -0.05) is 50.6 Å². The van der Waals surface area contributed by atoms with Crippen LogP contribution in [0.25, 0.3) is 11.4 Å². The molecule has 0 spiro atoms. The number of thioether (sulfide) groups is 1. The van der Waals surface area contributed by atoms with Crippen LogP contribution in [-0.2, 0) is 4.79 Å². The van der Waals surface area contributed by atoms with Crippen molar-refractivity contribution >= 4 is 17.7 Å². The van der Waals surface area contributed by atoms with Gasteiger partial charge in [-0.3, -0.25) is 9.36 Å². The van der Waals surface area contributed by atoms with Gasteiger partial charge >= 0.3 is 0 Å². The Morgan fingerprint density at radius 2 is 2.00 bits per heavy atom. The molecule has 1 heterocycles. The van der Waals surface area contributed by atoms with Gasteiger partial charge in [0.25, 0.3) is 0 Å². The molecule has 1 N–H and O–H groups in total. The quantitative estimate of drug-likeness (QED) is 0.725. The van der Waals surface area contributed by atoms with Crippen molar-refractivity contribution in [3.8, 4) is 11.4 Å². The summed E-state index contributed by atoms with van der Waals surface area (Å²) in [4.78, 5) is 12.5. The molecule has 0 saturated heterocycles. The van der Waals surface area contributed by atoms with E-state index in [-0.39, 0.29) is 17.8 Å². The average Bonchev–Trinajstić information content (AvgIpc) is 3.44. The van der Waals surface area contributed by atoms with Crippen LogP contribution in [-0.4, -0.2) is 32.5 Å². The van der Waals surface area contributed by atoms with Crippen molar-refractivity contribution in [3.05, 3.63) is 30.1 Å². The standard InChI is InChI=1S/C21H27FN4OS/c1-13-6-5-9-18(14(13)2)23-19(27)12-28-21-25-24-20(26(21)15-10-11-15)16-7-3-4-8-17(16)22/h3-4,7-8,13-15,18H,5-6,9-12H2,1-2H3,(H,23,27)/t13-,14-,18+/m1/s1. The molecule has 7 heteroatoms. The number of hydrogen-bond acceptors (Lipinski definition) is 4. The van der Waals surface area contributed by atoms with Gasteiger partial charge in [0.15, 0.2) is 11.0 Å². The van der Waals surface area contributed by atoms with Gasteiger partial charge in [0, 0.05) is 12.1 Å². The van der Waals surface area contributed by atoms with E-state index in [0.717, 1.165) is 19.3 Å². The number of nitrogens with zero attached hydrogens (tertiary/aromatic N) is 3. The van der Waals surface area contributed by atoms with Gasteiger partial charge < -0.3 is 5.32 Å². The van der Waals surface area contributed by atoms with E-state index in [1.54, 1.807) is 18.2 Å². The molecule has 2 fully saturated rings. The number of nitrogens with one attached hydrogen (secondary N) is 1. The highest BCUT2D eigenvalue weighted by molar-refractivity contribution is 7.99. The van der Waals surface area contributed by atoms with Crippen LogP contribution >= 0.6 is 11.8 Å². The third-order valence-corrected chi connectivity index (χ3v) is 7.02. The van der Waals surface area contributed by atoms with Crippen LogP contribution in [0.5, 0.6) is 0 Å². The molecule has 2 aliphatic carbocycles. The zero-order chi connectivity index (χ0) is 19.7. The van der Waals surface area contributed by atoms with Crippen molar-refractivity contribution < 1.29 is 9.18 Å². The number of halogens is 1. The Labute approximate surface area is 169 Å².